The van der Waals surface area contributed by atoms with Crippen LogP contribution in [0.15, 0.2) is 97.1 Å². The summed E-state index contributed by atoms with van der Waals surface area (Å²) in [4.78, 5) is 0. The van der Waals surface area contributed by atoms with Gasteiger partial charge in [-0.2, -0.15) is 0 Å². The first-order valence-corrected chi connectivity index (χ1v) is 10.7. The standard InChI is InChI=1S/C28H16Cl2/c29-24-13-3-1-9-18(24)20-15-16-21(19-10-2-4-14-25(19)30)28-23-12-6-8-17-7-5-11-22(26(17)23)27(20)28/h1-16H. The summed E-state index contributed by atoms with van der Waals surface area (Å²) in [5, 5.41) is 4.06. The fourth-order valence-electron chi connectivity index (χ4n) is 4.73. The largest absolute Gasteiger partial charge is 0.0837 e. The van der Waals surface area contributed by atoms with Crippen LogP contribution in [0.2, 0.25) is 10.0 Å². The van der Waals surface area contributed by atoms with Crippen LogP contribution in [0, 0.1) is 0 Å². The highest BCUT2D eigenvalue weighted by atomic mass is 35.5. The van der Waals surface area contributed by atoms with Crippen LogP contribution < -0.4 is 0 Å². The molecule has 0 fully saturated rings. The van der Waals surface area contributed by atoms with Crippen LogP contribution in [-0.2, 0) is 0 Å². The van der Waals surface area contributed by atoms with Crippen LogP contribution in [-0.4, -0.2) is 0 Å². The van der Waals surface area contributed by atoms with E-state index < -0.39 is 0 Å². The van der Waals surface area contributed by atoms with Crippen LogP contribution in [0.4, 0.5) is 0 Å². The smallest absolute Gasteiger partial charge is 0.0484 e. The maximum atomic E-state index is 6.64. The molecule has 142 valence electrons. The summed E-state index contributed by atoms with van der Waals surface area (Å²) in [6.07, 6.45) is 0. The number of benzene rings is 5. The predicted octanol–water partition coefficient (Wildman–Crippen LogP) is 9.13. The quantitative estimate of drug-likeness (QED) is 0.260. The van der Waals surface area contributed by atoms with E-state index in [1.165, 1.54) is 33.0 Å². The third kappa shape index (κ3) is 2.48. The zero-order valence-electron chi connectivity index (χ0n) is 16.0. The molecule has 1 aliphatic carbocycles. The van der Waals surface area contributed by atoms with E-state index in [1.807, 2.05) is 36.4 Å². The van der Waals surface area contributed by atoms with Gasteiger partial charge in [0, 0.05) is 21.2 Å². The highest BCUT2D eigenvalue weighted by Crippen LogP contribution is 2.55. The summed E-state index contributed by atoms with van der Waals surface area (Å²) in [7, 11) is 0. The zero-order chi connectivity index (χ0) is 20.2. The molecule has 0 radical (unpaired) electrons. The van der Waals surface area contributed by atoms with Gasteiger partial charge in [-0.15, -0.1) is 0 Å². The molecular weight excluding hydrogens is 407 g/mol. The van der Waals surface area contributed by atoms with Gasteiger partial charge >= 0.3 is 0 Å². The van der Waals surface area contributed by atoms with Crippen LogP contribution >= 0.6 is 23.2 Å². The molecule has 0 aromatic heterocycles. The minimum atomic E-state index is 0.758. The Kier molecular flexibility index (Phi) is 3.99. The Morgan fingerprint density at radius 1 is 0.367 bits per heavy atom. The maximum Gasteiger partial charge on any atom is 0.0484 e. The summed E-state index contributed by atoms with van der Waals surface area (Å²) in [6, 6.07) is 33.5. The van der Waals surface area contributed by atoms with Crippen molar-refractivity contribution in [1.82, 2.24) is 0 Å². The highest BCUT2D eigenvalue weighted by molar-refractivity contribution is 6.35. The Bertz CT molecular complexity index is 1360. The number of hydrogen-bond donors (Lipinski definition) is 0. The van der Waals surface area contributed by atoms with Crippen molar-refractivity contribution < 1.29 is 0 Å². The zero-order valence-corrected chi connectivity index (χ0v) is 17.5. The molecule has 30 heavy (non-hydrogen) atoms. The number of rotatable bonds is 2. The van der Waals surface area contributed by atoms with Gasteiger partial charge in [-0.1, -0.05) is 108 Å². The number of hydrogen-bond acceptors (Lipinski definition) is 0. The molecule has 0 unspecified atom stereocenters. The molecular formula is C28H16Cl2. The Morgan fingerprint density at radius 3 is 1.27 bits per heavy atom. The third-order valence-electron chi connectivity index (χ3n) is 5.98. The van der Waals surface area contributed by atoms with Crippen molar-refractivity contribution in [2.45, 2.75) is 0 Å². The molecule has 0 N–H and O–H groups in total. The van der Waals surface area contributed by atoms with Gasteiger partial charge in [0.15, 0.2) is 0 Å². The van der Waals surface area contributed by atoms with Crippen LogP contribution in [0.3, 0.4) is 0 Å². The predicted molar refractivity (Wildman–Crippen MR) is 129 cm³/mol. The molecule has 0 amide bonds. The Morgan fingerprint density at radius 2 is 0.800 bits per heavy atom. The van der Waals surface area contributed by atoms with Crippen molar-refractivity contribution >= 4 is 34.0 Å². The summed E-state index contributed by atoms with van der Waals surface area (Å²) in [6.45, 7) is 0. The second-order valence-electron chi connectivity index (χ2n) is 7.58. The number of halogens is 2. The first-order valence-electron chi connectivity index (χ1n) is 9.93. The van der Waals surface area contributed by atoms with Gasteiger partial charge in [0.1, 0.15) is 0 Å². The summed E-state index contributed by atoms with van der Waals surface area (Å²) in [5.41, 5.74) is 9.35. The lowest BCUT2D eigenvalue weighted by Crippen LogP contribution is -1.90. The van der Waals surface area contributed by atoms with E-state index in [9.17, 15) is 0 Å². The van der Waals surface area contributed by atoms with Crippen molar-refractivity contribution in [2.24, 2.45) is 0 Å². The third-order valence-corrected chi connectivity index (χ3v) is 6.64. The average Bonchev–Trinajstić information content (AvgIpc) is 3.11. The van der Waals surface area contributed by atoms with Crippen molar-refractivity contribution in [2.75, 3.05) is 0 Å². The molecule has 0 saturated heterocycles. The van der Waals surface area contributed by atoms with E-state index in [1.54, 1.807) is 0 Å². The number of fused-ring (bicyclic) bond motifs is 3. The van der Waals surface area contributed by atoms with Gasteiger partial charge in [-0.25, -0.2) is 0 Å². The van der Waals surface area contributed by atoms with Crippen molar-refractivity contribution in [3.63, 3.8) is 0 Å². The topological polar surface area (TPSA) is 0 Å². The molecule has 0 saturated carbocycles. The Labute approximate surface area is 185 Å². The molecule has 5 aromatic carbocycles. The minimum absolute atomic E-state index is 0.758. The molecule has 1 aliphatic rings. The van der Waals surface area contributed by atoms with Crippen LogP contribution in [0.25, 0.3) is 55.3 Å². The van der Waals surface area contributed by atoms with Gasteiger partial charge in [0.05, 0.1) is 0 Å². The van der Waals surface area contributed by atoms with Crippen molar-refractivity contribution in [3.8, 4) is 44.5 Å². The fourth-order valence-corrected chi connectivity index (χ4v) is 5.20. The molecule has 6 rings (SSSR count). The lowest BCUT2D eigenvalue weighted by molar-refractivity contribution is 1.59. The molecule has 0 atom stereocenters. The van der Waals surface area contributed by atoms with E-state index in [2.05, 4.69) is 60.7 Å². The lowest BCUT2D eigenvalue weighted by atomic mass is 9.88. The Hall–Kier alpha value is -3.06. The van der Waals surface area contributed by atoms with Gasteiger partial charge in [-0.3, -0.25) is 0 Å². The van der Waals surface area contributed by atoms with Crippen molar-refractivity contribution in [3.05, 3.63) is 107 Å². The molecule has 0 heterocycles. The Balaban J connectivity index is 1.79. The molecule has 0 nitrogen and oxygen atoms in total. The van der Waals surface area contributed by atoms with E-state index in [-0.39, 0.29) is 0 Å². The molecule has 5 aromatic rings. The first kappa shape index (κ1) is 17.8. The van der Waals surface area contributed by atoms with Crippen LogP contribution in [0.5, 0.6) is 0 Å². The summed E-state index contributed by atoms with van der Waals surface area (Å²) < 4.78 is 0. The van der Waals surface area contributed by atoms with Crippen LogP contribution in [0.1, 0.15) is 0 Å². The van der Waals surface area contributed by atoms with Gasteiger partial charge < -0.3 is 0 Å². The maximum absolute atomic E-state index is 6.64. The van der Waals surface area contributed by atoms with Gasteiger partial charge in [0.2, 0.25) is 0 Å². The van der Waals surface area contributed by atoms with Gasteiger partial charge in [0.25, 0.3) is 0 Å². The highest BCUT2D eigenvalue weighted by Gasteiger charge is 2.28. The molecule has 0 bridgehead atoms. The molecule has 0 aliphatic heterocycles. The minimum Gasteiger partial charge on any atom is -0.0837 e. The van der Waals surface area contributed by atoms with E-state index in [0.29, 0.717) is 0 Å². The monoisotopic (exact) mass is 422 g/mol. The van der Waals surface area contributed by atoms with E-state index in [0.717, 1.165) is 32.3 Å². The van der Waals surface area contributed by atoms with E-state index in [4.69, 9.17) is 23.2 Å². The van der Waals surface area contributed by atoms with Gasteiger partial charge in [-0.05, 0) is 56.3 Å². The summed E-state index contributed by atoms with van der Waals surface area (Å²) in [5.74, 6) is 0. The average molecular weight is 423 g/mol. The molecule has 2 heteroatoms. The summed E-state index contributed by atoms with van der Waals surface area (Å²) >= 11 is 13.3. The normalized spacial score (nSPS) is 11.7. The second kappa shape index (κ2) is 6.74. The fraction of sp³-hybridized carbons (Fsp3) is 0. The van der Waals surface area contributed by atoms with E-state index >= 15 is 0 Å². The lowest BCUT2D eigenvalue weighted by Gasteiger charge is -2.17. The SMILES string of the molecule is Clc1ccccc1-c1ccc(-c2ccccc2Cl)c2c1-c1cccc3cccc-2c13. The van der Waals surface area contributed by atoms with Crippen molar-refractivity contribution in [1.29, 1.82) is 0 Å². The first-order chi connectivity index (χ1) is 14.7. The molecule has 0 spiro atoms. The second-order valence-corrected chi connectivity index (χ2v) is 8.39.